The summed E-state index contributed by atoms with van der Waals surface area (Å²) in [6.45, 7) is 2.74. The number of hydrogen-bond donors (Lipinski definition) is 0. The van der Waals surface area contributed by atoms with Crippen molar-refractivity contribution in [3.8, 4) is 5.75 Å². The van der Waals surface area contributed by atoms with Crippen LogP contribution in [-0.4, -0.2) is 72.4 Å². The Hall–Kier alpha value is -3.00. The fourth-order valence-electron chi connectivity index (χ4n) is 7.04. The third-order valence-electron chi connectivity index (χ3n) is 9.61. The second-order valence-corrected chi connectivity index (χ2v) is 12.3. The van der Waals surface area contributed by atoms with E-state index in [-0.39, 0.29) is 17.1 Å². The van der Waals surface area contributed by atoms with Crippen LogP contribution >= 0.6 is 0 Å². The van der Waals surface area contributed by atoms with E-state index in [1.165, 1.54) is 30.5 Å². The molecule has 8 heteroatoms. The van der Waals surface area contributed by atoms with E-state index in [1.54, 1.807) is 12.1 Å². The summed E-state index contributed by atoms with van der Waals surface area (Å²) in [4.78, 5) is 33.0. The molecule has 4 fully saturated rings. The van der Waals surface area contributed by atoms with E-state index < -0.39 is 6.61 Å². The van der Waals surface area contributed by atoms with Crippen LogP contribution in [0.1, 0.15) is 55.6 Å². The highest BCUT2D eigenvalue weighted by atomic mass is 19.3. The number of halogens is 2. The fourth-order valence-corrected chi connectivity index (χ4v) is 7.04. The normalized spacial score (nSPS) is 24.8. The Morgan fingerprint density at radius 3 is 2.33 bits per heavy atom. The van der Waals surface area contributed by atoms with Crippen LogP contribution in [0.3, 0.4) is 0 Å². The number of likely N-dealkylation sites (tertiary alicyclic amines) is 3. The molecule has 2 aromatic rings. The predicted molar refractivity (Wildman–Crippen MR) is 148 cm³/mol. The molecule has 6 nitrogen and oxygen atoms in total. The summed E-state index contributed by atoms with van der Waals surface area (Å²) in [5, 5.41) is 0. The number of alkyl halides is 2. The van der Waals surface area contributed by atoms with Crippen molar-refractivity contribution >= 4 is 11.8 Å². The van der Waals surface area contributed by atoms with Gasteiger partial charge in [-0.25, -0.2) is 0 Å². The quantitative estimate of drug-likeness (QED) is 0.433. The Labute approximate surface area is 235 Å². The van der Waals surface area contributed by atoms with E-state index in [0.29, 0.717) is 36.6 Å². The second kappa shape index (κ2) is 11.5. The zero-order valence-electron chi connectivity index (χ0n) is 23.0. The number of ether oxygens (including phenoxy) is 1. The van der Waals surface area contributed by atoms with Gasteiger partial charge in [-0.3, -0.25) is 9.59 Å². The molecule has 4 aliphatic rings. The van der Waals surface area contributed by atoms with Crippen LogP contribution in [0.25, 0.3) is 0 Å². The maximum atomic E-state index is 13.5. The zero-order chi connectivity index (χ0) is 27.7. The molecule has 3 heterocycles. The van der Waals surface area contributed by atoms with Gasteiger partial charge in [0, 0.05) is 45.1 Å². The number of rotatable bonds is 9. The lowest BCUT2D eigenvalue weighted by molar-refractivity contribution is -0.139. The van der Waals surface area contributed by atoms with Crippen molar-refractivity contribution in [2.24, 2.45) is 17.3 Å². The van der Waals surface area contributed by atoms with Gasteiger partial charge in [-0.1, -0.05) is 42.5 Å². The van der Waals surface area contributed by atoms with Crippen molar-refractivity contribution in [2.45, 2.75) is 57.6 Å². The third kappa shape index (κ3) is 6.02. The van der Waals surface area contributed by atoms with Gasteiger partial charge in [-0.05, 0) is 80.3 Å². The smallest absolute Gasteiger partial charge is 0.387 e. The SMILES string of the molecule is O=C(CC1CC1)N1CC(c2ccccc2)[C@@H](CN2CCC3(CC2)CCN(Cc2ccc(OC(F)F)cc2)C3=O)C1. The second-order valence-electron chi connectivity index (χ2n) is 12.3. The Balaban J connectivity index is 1.04. The minimum absolute atomic E-state index is 0.127. The highest BCUT2D eigenvalue weighted by Gasteiger charge is 2.48. The number of hydrogen-bond acceptors (Lipinski definition) is 4. The lowest BCUT2D eigenvalue weighted by atomic mass is 9.76. The summed E-state index contributed by atoms with van der Waals surface area (Å²) in [6.07, 6.45) is 5.67. The van der Waals surface area contributed by atoms with Crippen LogP contribution in [-0.2, 0) is 16.1 Å². The van der Waals surface area contributed by atoms with Gasteiger partial charge in [0.15, 0.2) is 0 Å². The van der Waals surface area contributed by atoms with Gasteiger partial charge < -0.3 is 19.4 Å². The molecule has 214 valence electrons. The molecule has 2 amide bonds. The predicted octanol–water partition coefficient (Wildman–Crippen LogP) is 5.14. The number of piperidine rings is 1. The Kier molecular flexibility index (Phi) is 7.80. The molecule has 2 aromatic carbocycles. The molecule has 40 heavy (non-hydrogen) atoms. The van der Waals surface area contributed by atoms with E-state index in [1.807, 2.05) is 11.0 Å². The minimum Gasteiger partial charge on any atom is -0.435 e. The molecule has 6 rings (SSSR count). The van der Waals surface area contributed by atoms with Gasteiger partial charge >= 0.3 is 6.61 Å². The monoisotopic (exact) mass is 551 g/mol. The van der Waals surface area contributed by atoms with Crippen LogP contribution in [0.5, 0.6) is 5.75 Å². The van der Waals surface area contributed by atoms with E-state index >= 15 is 0 Å². The molecule has 3 saturated heterocycles. The molecular weight excluding hydrogens is 512 g/mol. The molecule has 0 bridgehead atoms. The zero-order valence-corrected chi connectivity index (χ0v) is 23.0. The van der Waals surface area contributed by atoms with Crippen LogP contribution in [0.15, 0.2) is 54.6 Å². The first-order valence-electron chi connectivity index (χ1n) is 14.8. The molecule has 1 aliphatic carbocycles. The maximum absolute atomic E-state index is 13.5. The molecule has 3 aliphatic heterocycles. The number of nitrogens with zero attached hydrogens (tertiary/aromatic N) is 3. The van der Waals surface area contributed by atoms with Gasteiger partial charge in [0.05, 0.1) is 5.41 Å². The molecule has 1 unspecified atom stereocenters. The topological polar surface area (TPSA) is 53.1 Å². The average Bonchev–Trinajstić information content (AvgIpc) is 3.60. The van der Waals surface area contributed by atoms with Crippen molar-refractivity contribution in [2.75, 3.05) is 39.3 Å². The van der Waals surface area contributed by atoms with Crippen molar-refractivity contribution < 1.29 is 23.1 Å². The number of benzene rings is 2. The largest absolute Gasteiger partial charge is 0.435 e. The first-order chi connectivity index (χ1) is 19.4. The number of carbonyl (C=O) groups is 2. The van der Waals surface area contributed by atoms with Crippen LogP contribution < -0.4 is 4.74 Å². The standard InChI is InChI=1S/C32H39F2N3O3/c33-31(34)40-27-10-8-24(9-11-27)19-36-17-14-32(30(36)39)12-15-35(16-13-32)20-26-21-37(29(38)18-23-6-7-23)22-28(26)25-4-2-1-3-5-25/h1-5,8-11,23,26,28,31H,6-7,12-22H2/t26-,28?/m0/s1. The maximum Gasteiger partial charge on any atom is 0.387 e. The first-order valence-corrected chi connectivity index (χ1v) is 14.8. The van der Waals surface area contributed by atoms with Crippen LogP contribution in [0.4, 0.5) is 8.78 Å². The Morgan fingerprint density at radius 2 is 1.65 bits per heavy atom. The first kappa shape index (κ1) is 27.2. The van der Waals surface area contributed by atoms with Gasteiger partial charge in [-0.2, -0.15) is 8.78 Å². The summed E-state index contributed by atoms with van der Waals surface area (Å²) in [5.74, 6) is 2.01. The van der Waals surface area contributed by atoms with Crippen LogP contribution in [0.2, 0.25) is 0 Å². The van der Waals surface area contributed by atoms with E-state index in [9.17, 15) is 18.4 Å². The van der Waals surface area contributed by atoms with Crippen molar-refractivity contribution in [1.29, 1.82) is 0 Å². The highest BCUT2D eigenvalue weighted by molar-refractivity contribution is 5.85. The molecular formula is C32H39F2N3O3. The summed E-state index contributed by atoms with van der Waals surface area (Å²) < 4.78 is 29.3. The van der Waals surface area contributed by atoms with Crippen molar-refractivity contribution in [1.82, 2.24) is 14.7 Å². The number of amides is 2. The molecule has 1 spiro atoms. The molecule has 0 aromatic heterocycles. The van der Waals surface area contributed by atoms with Crippen molar-refractivity contribution in [3.63, 3.8) is 0 Å². The lowest BCUT2D eigenvalue weighted by Gasteiger charge is -2.39. The summed E-state index contributed by atoms with van der Waals surface area (Å²) in [5.41, 5.74) is 1.94. The molecule has 2 atom stereocenters. The van der Waals surface area contributed by atoms with E-state index in [4.69, 9.17) is 0 Å². The van der Waals surface area contributed by atoms with E-state index in [0.717, 1.165) is 64.1 Å². The molecule has 0 radical (unpaired) electrons. The fraction of sp³-hybridized carbons (Fsp3) is 0.562. The van der Waals surface area contributed by atoms with Crippen molar-refractivity contribution in [3.05, 3.63) is 65.7 Å². The Bertz CT molecular complexity index is 1180. The summed E-state index contributed by atoms with van der Waals surface area (Å²) in [7, 11) is 0. The minimum atomic E-state index is -2.84. The third-order valence-corrected chi connectivity index (χ3v) is 9.61. The highest BCUT2D eigenvalue weighted by Crippen LogP contribution is 2.43. The Morgan fingerprint density at radius 1 is 0.950 bits per heavy atom. The summed E-state index contributed by atoms with van der Waals surface area (Å²) in [6, 6.07) is 17.2. The van der Waals surface area contributed by atoms with Gasteiger partial charge in [-0.15, -0.1) is 0 Å². The summed E-state index contributed by atoms with van der Waals surface area (Å²) >= 11 is 0. The van der Waals surface area contributed by atoms with Gasteiger partial charge in [0.1, 0.15) is 5.75 Å². The van der Waals surface area contributed by atoms with E-state index in [2.05, 4.69) is 38.8 Å². The molecule has 0 N–H and O–H groups in total. The molecule has 1 saturated carbocycles. The van der Waals surface area contributed by atoms with Gasteiger partial charge in [0.25, 0.3) is 0 Å². The average molecular weight is 552 g/mol. The van der Waals surface area contributed by atoms with Crippen LogP contribution in [0, 0.1) is 17.3 Å². The number of carbonyl (C=O) groups excluding carboxylic acids is 2. The lowest BCUT2D eigenvalue weighted by Crippen LogP contribution is -2.46. The van der Waals surface area contributed by atoms with Gasteiger partial charge in [0.2, 0.25) is 11.8 Å².